The number of rotatable bonds is 3. The highest BCUT2D eigenvalue weighted by Gasteiger charge is 2.24. The molecule has 0 unspecified atom stereocenters. The topological polar surface area (TPSA) is 102 Å². The van der Waals surface area contributed by atoms with Gasteiger partial charge in [0.1, 0.15) is 36.0 Å². The van der Waals surface area contributed by atoms with Crippen LogP contribution in [0.4, 0.5) is 0 Å². The summed E-state index contributed by atoms with van der Waals surface area (Å²) < 4.78 is 8.99. The summed E-state index contributed by atoms with van der Waals surface area (Å²) in [5.74, 6) is -1.88. The highest BCUT2D eigenvalue weighted by atomic mass is 127. The third-order valence-electron chi connectivity index (χ3n) is 3.60. The maximum Gasteiger partial charge on any atom is 0.325 e. The number of aryl methyl sites for hydroxylation is 2. The van der Waals surface area contributed by atoms with Gasteiger partial charge in [0.05, 0.1) is 5.39 Å². The van der Waals surface area contributed by atoms with Crippen molar-refractivity contribution in [1.29, 1.82) is 0 Å². The van der Waals surface area contributed by atoms with Gasteiger partial charge in [-0.2, -0.15) is 4.57 Å². The minimum absolute atomic E-state index is 0.372. The number of nitrogens with one attached hydrogen (secondary N) is 1. The monoisotopic (exact) mass is 474 g/mol. The Kier molecular flexibility index (Phi) is 5.59. The lowest BCUT2D eigenvalue weighted by Gasteiger charge is -2.19. The van der Waals surface area contributed by atoms with E-state index in [9.17, 15) is 19.5 Å². The van der Waals surface area contributed by atoms with Gasteiger partial charge in [-0.25, -0.2) is 0 Å². The molecule has 2 N–H and O–H groups in total. The molecule has 0 aliphatic heterocycles. The summed E-state index contributed by atoms with van der Waals surface area (Å²) in [6.07, 6.45) is 1.70. The van der Waals surface area contributed by atoms with Crippen molar-refractivity contribution in [2.24, 2.45) is 14.1 Å². The fourth-order valence-corrected chi connectivity index (χ4v) is 2.85. The summed E-state index contributed by atoms with van der Waals surface area (Å²) in [7, 11) is 3.33. The van der Waals surface area contributed by atoms with Crippen molar-refractivity contribution in [3.05, 3.63) is 31.9 Å². The first kappa shape index (κ1) is 20.1. The molecule has 0 fully saturated rings. The molecule has 0 radical (unpaired) electrons. The van der Waals surface area contributed by atoms with Crippen LogP contribution in [0.1, 0.15) is 31.1 Å². The Bertz CT molecular complexity index is 960. The summed E-state index contributed by atoms with van der Waals surface area (Å²) in [6.45, 7) is 4.72. The van der Waals surface area contributed by atoms with Crippen LogP contribution in [0, 0.1) is 3.70 Å². The number of aromatic hydroxyl groups is 1. The van der Waals surface area contributed by atoms with Gasteiger partial charge in [-0.15, -0.1) is 0 Å². The number of esters is 1. The van der Waals surface area contributed by atoms with Gasteiger partial charge in [-0.3, -0.25) is 14.4 Å². The Morgan fingerprint density at radius 2 is 2.00 bits per heavy atom. The van der Waals surface area contributed by atoms with E-state index in [0.717, 1.165) is 3.70 Å². The molecule has 0 saturated heterocycles. The van der Waals surface area contributed by atoms with E-state index >= 15 is 0 Å². The van der Waals surface area contributed by atoms with E-state index in [1.54, 1.807) is 37.6 Å². The second-order valence-electron chi connectivity index (χ2n) is 6.86. The molecule has 2 heterocycles. The standard InChI is InChI=1S/C17H20IN3O5/c1-17(2,3)26-12(22)7-19-15(24)13-14(23)9-6-11(18)20(4)8-10(9)21(5)16(13)25/h6,8H,7H2,1-5H3,(H-,19,23,24,25)/p+1. The van der Waals surface area contributed by atoms with Crippen LogP contribution < -0.4 is 15.4 Å². The van der Waals surface area contributed by atoms with Gasteiger partial charge in [0.15, 0.2) is 6.20 Å². The zero-order chi connectivity index (χ0) is 19.8. The largest absolute Gasteiger partial charge is 0.506 e. The van der Waals surface area contributed by atoms with Crippen molar-refractivity contribution >= 4 is 45.4 Å². The van der Waals surface area contributed by atoms with Crippen LogP contribution in [0.25, 0.3) is 10.9 Å². The van der Waals surface area contributed by atoms with Gasteiger partial charge in [0.2, 0.25) is 3.70 Å². The molecule has 0 bridgehead atoms. The van der Waals surface area contributed by atoms with E-state index in [0.29, 0.717) is 10.9 Å². The molecule has 140 valence electrons. The quantitative estimate of drug-likeness (QED) is 0.296. The highest BCUT2D eigenvalue weighted by Crippen LogP contribution is 2.26. The lowest BCUT2D eigenvalue weighted by atomic mass is 10.1. The van der Waals surface area contributed by atoms with Gasteiger partial charge < -0.3 is 19.7 Å². The Morgan fingerprint density at radius 1 is 1.38 bits per heavy atom. The molecule has 2 aromatic rings. The lowest BCUT2D eigenvalue weighted by molar-refractivity contribution is -0.683. The third kappa shape index (κ3) is 4.14. The molecule has 9 heteroatoms. The van der Waals surface area contributed by atoms with Crippen LogP contribution in [0.5, 0.6) is 5.75 Å². The average molecular weight is 474 g/mol. The third-order valence-corrected chi connectivity index (χ3v) is 4.68. The zero-order valence-electron chi connectivity index (χ0n) is 15.2. The van der Waals surface area contributed by atoms with Crippen LogP contribution in [0.15, 0.2) is 17.1 Å². The van der Waals surface area contributed by atoms with Gasteiger partial charge in [-0.05, 0) is 20.8 Å². The minimum atomic E-state index is -0.834. The van der Waals surface area contributed by atoms with Crippen molar-refractivity contribution in [2.75, 3.05) is 6.54 Å². The molecule has 2 aromatic heterocycles. The summed E-state index contributed by atoms with van der Waals surface area (Å²) in [5.41, 5.74) is -1.26. The lowest BCUT2D eigenvalue weighted by Crippen LogP contribution is -2.38. The molecular weight excluding hydrogens is 453 g/mol. The second kappa shape index (κ2) is 7.22. The maximum absolute atomic E-state index is 12.5. The normalized spacial score (nSPS) is 11.5. The molecule has 0 aliphatic carbocycles. The Morgan fingerprint density at radius 3 is 2.58 bits per heavy atom. The van der Waals surface area contributed by atoms with Crippen molar-refractivity contribution in [3.8, 4) is 5.75 Å². The number of amides is 1. The predicted molar refractivity (Wildman–Crippen MR) is 103 cm³/mol. The number of fused-ring (bicyclic) bond motifs is 1. The number of hydrogen-bond acceptors (Lipinski definition) is 5. The summed E-state index contributed by atoms with van der Waals surface area (Å²) in [4.78, 5) is 36.7. The first-order valence-electron chi connectivity index (χ1n) is 7.83. The maximum atomic E-state index is 12.5. The molecule has 8 nitrogen and oxygen atoms in total. The van der Waals surface area contributed by atoms with Gasteiger partial charge in [0.25, 0.3) is 11.5 Å². The smallest absolute Gasteiger partial charge is 0.325 e. The number of nitrogens with zero attached hydrogens (tertiary/aromatic N) is 2. The number of hydrogen-bond donors (Lipinski definition) is 2. The first-order chi connectivity index (χ1) is 11.9. The first-order valence-corrected chi connectivity index (χ1v) is 8.91. The minimum Gasteiger partial charge on any atom is -0.506 e. The van der Waals surface area contributed by atoms with E-state index < -0.39 is 40.9 Å². The Labute approximate surface area is 163 Å². The summed E-state index contributed by atoms with van der Waals surface area (Å²) in [6, 6.07) is 1.68. The van der Waals surface area contributed by atoms with Gasteiger partial charge >= 0.3 is 5.97 Å². The fourth-order valence-electron chi connectivity index (χ4n) is 2.40. The molecule has 0 aliphatic rings. The molecule has 1 amide bonds. The van der Waals surface area contributed by atoms with E-state index in [2.05, 4.69) is 27.9 Å². The Hall–Kier alpha value is -2.17. The van der Waals surface area contributed by atoms with Crippen molar-refractivity contribution in [3.63, 3.8) is 0 Å². The van der Waals surface area contributed by atoms with E-state index in [1.165, 1.54) is 11.6 Å². The average Bonchev–Trinajstić information content (AvgIpc) is 2.51. The number of halogens is 1. The fraction of sp³-hybridized carbons (Fsp3) is 0.412. The van der Waals surface area contributed by atoms with E-state index in [4.69, 9.17) is 4.74 Å². The van der Waals surface area contributed by atoms with E-state index in [1.807, 2.05) is 7.05 Å². The van der Waals surface area contributed by atoms with Crippen LogP contribution in [-0.2, 0) is 23.6 Å². The molecule has 26 heavy (non-hydrogen) atoms. The molecule has 0 spiro atoms. The number of carbonyl (C=O) groups excluding carboxylic acids is 2. The van der Waals surface area contributed by atoms with Crippen molar-refractivity contribution in [2.45, 2.75) is 26.4 Å². The molecule has 2 rings (SSSR count). The SMILES string of the molecule is Cn1c(=O)c(C(=O)NCC(=O)OC(C)(C)C)c(O)c2cc(I)[n+](C)cc21. The molecule has 0 saturated carbocycles. The van der Waals surface area contributed by atoms with Crippen molar-refractivity contribution < 1.29 is 24.0 Å². The van der Waals surface area contributed by atoms with E-state index in [-0.39, 0.29) is 0 Å². The molecular formula is C17H21IN3O5+. The molecule has 0 aromatic carbocycles. The van der Waals surface area contributed by atoms with Crippen molar-refractivity contribution in [1.82, 2.24) is 9.88 Å². The van der Waals surface area contributed by atoms with Crippen LogP contribution in [0.2, 0.25) is 0 Å². The van der Waals surface area contributed by atoms with Crippen LogP contribution in [0.3, 0.4) is 0 Å². The van der Waals surface area contributed by atoms with Crippen LogP contribution >= 0.6 is 22.6 Å². The number of aromatic nitrogens is 2. The number of carbonyl (C=O) groups is 2. The second-order valence-corrected chi connectivity index (χ2v) is 7.97. The zero-order valence-corrected chi connectivity index (χ0v) is 17.4. The summed E-state index contributed by atoms with van der Waals surface area (Å²) in [5, 5.41) is 13.2. The van der Waals surface area contributed by atoms with Gasteiger partial charge in [-0.1, -0.05) is 0 Å². The van der Waals surface area contributed by atoms with Crippen LogP contribution in [-0.4, -0.2) is 33.7 Å². The molecule has 0 atom stereocenters. The Balaban J connectivity index is 2.40. The van der Waals surface area contributed by atoms with Gasteiger partial charge in [0, 0.05) is 35.7 Å². The number of ether oxygens (including phenoxy) is 1. The number of pyridine rings is 2. The highest BCUT2D eigenvalue weighted by molar-refractivity contribution is 14.1. The predicted octanol–water partition coefficient (Wildman–Crippen LogP) is 0.745. The summed E-state index contributed by atoms with van der Waals surface area (Å²) >= 11 is 2.08.